The summed E-state index contributed by atoms with van der Waals surface area (Å²) in [7, 11) is 0. The number of hydrogen-bond acceptors (Lipinski definition) is 3. The van der Waals surface area contributed by atoms with Gasteiger partial charge in [0.15, 0.2) is 0 Å². The standard InChI is InChI=1S/C8H6O4.C2H6S.K.H2O.H/c9-7(10)5-2-1-3-6(4-5)8(11)12;1-3-2;;;/h1-4H,(H,9,10)(H,11,12);1-2H3;;1H2;/q;;+1;;-1. The molecule has 0 aromatic heterocycles. The molecule has 0 fully saturated rings. The van der Waals surface area contributed by atoms with Crippen molar-refractivity contribution in [2.75, 3.05) is 12.5 Å². The van der Waals surface area contributed by atoms with E-state index in [0.29, 0.717) is 0 Å². The molecule has 0 bridgehead atoms. The van der Waals surface area contributed by atoms with Gasteiger partial charge in [-0.2, -0.15) is 11.8 Å². The second kappa shape index (κ2) is 12.6. The zero-order valence-corrected chi connectivity index (χ0v) is 13.9. The molecule has 0 radical (unpaired) electrons. The van der Waals surface area contributed by atoms with Crippen LogP contribution < -0.4 is 51.4 Å². The van der Waals surface area contributed by atoms with Crippen molar-refractivity contribution >= 4 is 23.7 Å². The fourth-order valence-corrected chi connectivity index (χ4v) is 0.785. The fraction of sp³-hybridized carbons (Fsp3) is 0.200. The van der Waals surface area contributed by atoms with Crippen LogP contribution in [-0.2, 0) is 0 Å². The topological polar surface area (TPSA) is 106 Å². The smallest absolute Gasteiger partial charge is 1.00 e. The van der Waals surface area contributed by atoms with Crippen LogP contribution >= 0.6 is 11.8 Å². The van der Waals surface area contributed by atoms with E-state index in [4.69, 9.17) is 10.2 Å². The first-order chi connectivity index (χ1) is 7.02. The number of rotatable bonds is 2. The van der Waals surface area contributed by atoms with Gasteiger partial charge in [-0.1, -0.05) is 6.07 Å². The summed E-state index contributed by atoms with van der Waals surface area (Å²) in [6.45, 7) is 0. The Morgan fingerprint density at radius 2 is 1.41 bits per heavy atom. The summed E-state index contributed by atoms with van der Waals surface area (Å²) in [6, 6.07) is 5.20. The van der Waals surface area contributed by atoms with Crippen molar-refractivity contribution in [3.8, 4) is 0 Å². The van der Waals surface area contributed by atoms with Crippen LogP contribution in [-0.4, -0.2) is 40.1 Å². The third-order valence-electron chi connectivity index (χ3n) is 1.36. The molecule has 0 heterocycles. The van der Waals surface area contributed by atoms with E-state index in [-0.39, 0.29) is 69.4 Å². The number of carboxylic acids is 2. The Kier molecular flexibility index (Phi) is 16.5. The predicted molar refractivity (Wildman–Crippen MR) is 64.5 cm³/mol. The molecule has 0 unspecified atom stereocenters. The van der Waals surface area contributed by atoms with Crippen molar-refractivity contribution in [1.82, 2.24) is 0 Å². The molecule has 0 atom stereocenters. The Morgan fingerprint density at radius 3 is 1.65 bits per heavy atom. The summed E-state index contributed by atoms with van der Waals surface area (Å²) in [5, 5.41) is 17.0. The number of carboxylic acid groups (broad SMARTS) is 2. The first-order valence-corrected chi connectivity index (χ1v) is 5.63. The van der Waals surface area contributed by atoms with E-state index >= 15 is 0 Å². The zero-order chi connectivity index (χ0) is 11.8. The molecule has 0 saturated carbocycles. The van der Waals surface area contributed by atoms with Crippen LogP contribution in [0.25, 0.3) is 0 Å². The summed E-state index contributed by atoms with van der Waals surface area (Å²) in [5.41, 5.74) is -0.0372. The third kappa shape index (κ3) is 9.78. The number of thioether (sulfide) groups is 1. The minimum absolute atomic E-state index is 0. The maximum atomic E-state index is 10.4. The molecule has 5 nitrogen and oxygen atoms in total. The Labute approximate surface area is 148 Å². The minimum Gasteiger partial charge on any atom is -1.00 e. The third-order valence-corrected chi connectivity index (χ3v) is 1.36. The normalized spacial score (nSPS) is 7.65. The average Bonchev–Trinajstić information content (AvgIpc) is 2.19. The Hall–Kier alpha value is 0.106. The Balaban J connectivity index is -0.000000149. The molecule has 0 aliphatic rings. The molecular formula is C10H15KO5S. The van der Waals surface area contributed by atoms with E-state index in [9.17, 15) is 9.59 Å². The van der Waals surface area contributed by atoms with Crippen LogP contribution in [0.1, 0.15) is 22.1 Å². The Bertz CT molecular complexity index is 333. The molecule has 1 rings (SSSR count). The van der Waals surface area contributed by atoms with Gasteiger partial charge >= 0.3 is 63.3 Å². The van der Waals surface area contributed by atoms with E-state index in [2.05, 4.69) is 0 Å². The summed E-state index contributed by atoms with van der Waals surface area (Å²) in [4.78, 5) is 20.8. The van der Waals surface area contributed by atoms with Gasteiger partial charge in [0.2, 0.25) is 0 Å². The van der Waals surface area contributed by atoms with Gasteiger partial charge in [-0.15, -0.1) is 0 Å². The monoisotopic (exact) mass is 286 g/mol. The summed E-state index contributed by atoms with van der Waals surface area (Å²) in [5.74, 6) is -2.25. The van der Waals surface area contributed by atoms with Crippen LogP contribution in [0.5, 0.6) is 0 Å². The van der Waals surface area contributed by atoms with E-state index in [1.54, 1.807) is 11.8 Å². The zero-order valence-electron chi connectivity index (χ0n) is 10.9. The first kappa shape index (κ1) is 22.3. The van der Waals surface area contributed by atoms with E-state index in [1.807, 2.05) is 12.5 Å². The SMILES string of the molecule is CSC.O.O=C(O)c1cccc(C(=O)O)c1.[H-].[K+]. The van der Waals surface area contributed by atoms with Crippen molar-refractivity contribution in [2.24, 2.45) is 0 Å². The van der Waals surface area contributed by atoms with Crippen LogP contribution in [0.15, 0.2) is 24.3 Å². The van der Waals surface area contributed by atoms with Crippen LogP contribution in [0, 0.1) is 0 Å². The maximum Gasteiger partial charge on any atom is 1.00 e. The van der Waals surface area contributed by atoms with Crippen LogP contribution in [0.4, 0.5) is 0 Å². The first-order valence-electron chi connectivity index (χ1n) is 3.99. The molecule has 7 heteroatoms. The van der Waals surface area contributed by atoms with Gasteiger partial charge in [-0.25, -0.2) is 9.59 Å². The molecule has 0 spiro atoms. The van der Waals surface area contributed by atoms with Gasteiger partial charge in [-0.05, 0) is 30.7 Å². The van der Waals surface area contributed by atoms with Crippen molar-refractivity contribution < 1.29 is 78.1 Å². The van der Waals surface area contributed by atoms with Crippen LogP contribution in [0.3, 0.4) is 0 Å². The fourth-order valence-electron chi connectivity index (χ4n) is 0.785. The second-order valence-electron chi connectivity index (χ2n) is 2.60. The summed E-state index contributed by atoms with van der Waals surface area (Å²) < 4.78 is 0. The molecule has 92 valence electrons. The number of hydrogen-bond donors (Lipinski definition) is 2. The molecule has 4 N–H and O–H groups in total. The molecule has 0 saturated heterocycles. The van der Waals surface area contributed by atoms with E-state index in [1.165, 1.54) is 18.2 Å². The largest absolute Gasteiger partial charge is 1.00 e. The molecule has 1 aromatic rings. The van der Waals surface area contributed by atoms with Gasteiger partial charge in [0.1, 0.15) is 0 Å². The number of carbonyl (C=O) groups is 2. The molecule has 17 heavy (non-hydrogen) atoms. The summed E-state index contributed by atoms with van der Waals surface area (Å²) in [6.07, 6.45) is 4.08. The van der Waals surface area contributed by atoms with Crippen molar-refractivity contribution in [1.29, 1.82) is 0 Å². The van der Waals surface area contributed by atoms with Crippen molar-refractivity contribution in [3.05, 3.63) is 35.4 Å². The van der Waals surface area contributed by atoms with E-state index in [0.717, 1.165) is 6.07 Å². The second-order valence-corrected chi connectivity index (χ2v) is 3.42. The molecule has 1 aromatic carbocycles. The van der Waals surface area contributed by atoms with Crippen LogP contribution in [0.2, 0.25) is 0 Å². The van der Waals surface area contributed by atoms with Gasteiger partial charge in [-0.3, -0.25) is 0 Å². The van der Waals surface area contributed by atoms with Crippen molar-refractivity contribution in [2.45, 2.75) is 0 Å². The quantitative estimate of drug-likeness (QED) is 0.634. The van der Waals surface area contributed by atoms with Crippen molar-refractivity contribution in [3.63, 3.8) is 0 Å². The molecular weight excluding hydrogens is 271 g/mol. The van der Waals surface area contributed by atoms with Gasteiger partial charge in [0.05, 0.1) is 11.1 Å². The molecule has 0 aliphatic heterocycles. The maximum absolute atomic E-state index is 10.4. The number of aromatic carboxylic acids is 2. The minimum atomic E-state index is -1.13. The number of benzene rings is 1. The molecule has 0 aliphatic carbocycles. The van der Waals surface area contributed by atoms with Gasteiger partial charge in [0, 0.05) is 0 Å². The van der Waals surface area contributed by atoms with E-state index < -0.39 is 11.9 Å². The predicted octanol–water partition coefficient (Wildman–Crippen LogP) is -1.65. The average molecular weight is 286 g/mol. The van der Waals surface area contributed by atoms with Gasteiger partial charge in [0.25, 0.3) is 0 Å². The Morgan fingerprint density at radius 1 is 1.12 bits per heavy atom. The summed E-state index contributed by atoms with van der Waals surface area (Å²) >= 11 is 1.75. The van der Waals surface area contributed by atoms with Gasteiger partial charge < -0.3 is 17.1 Å². The molecule has 0 amide bonds.